The van der Waals surface area contributed by atoms with E-state index in [1.54, 1.807) is 20.8 Å². The van der Waals surface area contributed by atoms with Crippen LogP contribution < -0.4 is 4.74 Å². The minimum atomic E-state index is -2.26. The van der Waals surface area contributed by atoms with E-state index in [4.69, 9.17) is 4.74 Å². The van der Waals surface area contributed by atoms with Gasteiger partial charge < -0.3 is 9.84 Å². The van der Waals surface area contributed by atoms with Gasteiger partial charge >= 0.3 is 0 Å². The summed E-state index contributed by atoms with van der Waals surface area (Å²) in [5, 5.41) is 14.9. The van der Waals surface area contributed by atoms with E-state index in [0.29, 0.717) is 5.75 Å². The third-order valence-electron chi connectivity index (χ3n) is 4.11. The molecule has 126 valence electrons. The van der Waals surface area contributed by atoms with Crippen molar-refractivity contribution in [2.45, 2.75) is 39.1 Å². The highest BCUT2D eigenvalue weighted by atomic mass is 19.1. The minimum Gasteiger partial charge on any atom is -0.490 e. The van der Waals surface area contributed by atoms with Crippen LogP contribution in [0.4, 0.5) is 8.78 Å². The molecule has 1 N–H and O–H groups in total. The number of nitrogens with zero attached hydrogens (tertiary/aromatic N) is 3. The Hall–Kier alpha value is -2.02. The van der Waals surface area contributed by atoms with E-state index in [9.17, 15) is 9.50 Å². The Labute approximate surface area is 133 Å². The first-order chi connectivity index (χ1) is 10.6. The molecule has 2 atom stereocenters. The summed E-state index contributed by atoms with van der Waals surface area (Å²) in [6.07, 6.45) is 2.40. The van der Waals surface area contributed by atoms with Crippen LogP contribution in [0.25, 0.3) is 0 Å². The molecule has 0 aliphatic heterocycles. The second-order valence-electron chi connectivity index (χ2n) is 6.65. The van der Waals surface area contributed by atoms with Crippen LogP contribution in [-0.2, 0) is 5.79 Å². The topological polar surface area (TPSA) is 60.2 Å². The van der Waals surface area contributed by atoms with Crippen LogP contribution in [0.15, 0.2) is 36.9 Å². The molecule has 0 aliphatic carbocycles. The number of rotatable bonds is 5. The maximum atomic E-state index is 15.4. The molecule has 0 spiro atoms. The van der Waals surface area contributed by atoms with Crippen LogP contribution in [-0.4, -0.2) is 32.1 Å². The lowest BCUT2D eigenvalue weighted by Gasteiger charge is -2.47. The fraction of sp³-hybridized carbons (Fsp3) is 0.500. The van der Waals surface area contributed by atoms with Crippen molar-refractivity contribution in [1.82, 2.24) is 14.8 Å². The normalized spacial score (nSPS) is 17.3. The Kier molecular flexibility index (Phi) is 4.43. The van der Waals surface area contributed by atoms with Crippen molar-refractivity contribution in [1.29, 1.82) is 0 Å². The lowest BCUT2D eigenvalue weighted by Crippen LogP contribution is -2.62. The third-order valence-corrected chi connectivity index (χ3v) is 4.11. The number of halogens is 2. The van der Waals surface area contributed by atoms with Crippen molar-refractivity contribution in [3.05, 3.63) is 42.7 Å². The van der Waals surface area contributed by atoms with Crippen LogP contribution in [0.1, 0.15) is 27.7 Å². The zero-order valence-corrected chi connectivity index (χ0v) is 13.6. The Balaban J connectivity index is 2.31. The van der Waals surface area contributed by atoms with Crippen LogP contribution in [0, 0.1) is 11.2 Å². The summed E-state index contributed by atoms with van der Waals surface area (Å²) in [6, 6.07) is 5.31. The van der Waals surface area contributed by atoms with Crippen molar-refractivity contribution in [2.24, 2.45) is 5.41 Å². The first-order valence-corrected chi connectivity index (χ1v) is 7.23. The predicted molar refractivity (Wildman–Crippen MR) is 81.1 cm³/mol. The summed E-state index contributed by atoms with van der Waals surface area (Å²) in [5.41, 5.74) is -2.79. The van der Waals surface area contributed by atoms with Crippen molar-refractivity contribution >= 4 is 0 Å². The minimum absolute atomic E-state index is 0.337. The Morgan fingerprint density at radius 1 is 1.17 bits per heavy atom. The molecule has 5 nitrogen and oxygen atoms in total. The lowest BCUT2D eigenvalue weighted by molar-refractivity contribution is -0.217. The van der Waals surface area contributed by atoms with Gasteiger partial charge in [-0.2, -0.15) is 5.10 Å². The summed E-state index contributed by atoms with van der Waals surface area (Å²) in [7, 11) is 0. The molecule has 0 radical (unpaired) electrons. The molecular formula is C16H21F2N3O2. The van der Waals surface area contributed by atoms with E-state index < -0.39 is 22.6 Å². The molecule has 23 heavy (non-hydrogen) atoms. The molecule has 0 aliphatic rings. The number of aliphatic hydroxyl groups is 1. The first-order valence-electron chi connectivity index (χ1n) is 7.23. The molecule has 1 heterocycles. The average molecular weight is 325 g/mol. The summed E-state index contributed by atoms with van der Waals surface area (Å²) in [6.45, 7) is 6.00. The van der Waals surface area contributed by atoms with Gasteiger partial charge in [-0.05, 0) is 36.6 Å². The molecule has 0 saturated heterocycles. The molecule has 0 bridgehead atoms. The quantitative estimate of drug-likeness (QED) is 0.918. The van der Waals surface area contributed by atoms with Gasteiger partial charge in [-0.15, -0.1) is 0 Å². The van der Waals surface area contributed by atoms with Crippen LogP contribution >= 0.6 is 0 Å². The average Bonchev–Trinajstić information content (AvgIpc) is 2.99. The second-order valence-corrected chi connectivity index (χ2v) is 6.65. The van der Waals surface area contributed by atoms with Crippen molar-refractivity contribution in [2.75, 3.05) is 6.61 Å². The van der Waals surface area contributed by atoms with Gasteiger partial charge in [0.25, 0.3) is 0 Å². The highest BCUT2D eigenvalue weighted by Crippen LogP contribution is 2.44. The second kappa shape index (κ2) is 5.88. The van der Waals surface area contributed by atoms with E-state index >= 15 is 4.39 Å². The van der Waals surface area contributed by atoms with Gasteiger partial charge in [0.1, 0.15) is 30.8 Å². The van der Waals surface area contributed by atoms with Crippen LogP contribution in [0.3, 0.4) is 0 Å². The molecule has 2 aromatic rings. The molecule has 0 fully saturated rings. The Morgan fingerprint density at radius 3 is 2.26 bits per heavy atom. The Morgan fingerprint density at radius 2 is 1.78 bits per heavy atom. The number of alkyl halides is 1. The third kappa shape index (κ3) is 3.19. The summed E-state index contributed by atoms with van der Waals surface area (Å²) in [4.78, 5) is 3.73. The number of hydrogen-bond acceptors (Lipinski definition) is 4. The summed E-state index contributed by atoms with van der Waals surface area (Å²) in [5.74, 6) is -2.33. The highest BCUT2D eigenvalue weighted by molar-refractivity contribution is 5.22. The summed E-state index contributed by atoms with van der Waals surface area (Å²) < 4.78 is 34.9. The van der Waals surface area contributed by atoms with Gasteiger partial charge in [0.05, 0.1) is 0 Å². The fourth-order valence-electron chi connectivity index (χ4n) is 2.37. The molecule has 1 aromatic carbocycles. The molecular weight excluding hydrogens is 304 g/mol. The molecule has 2 unspecified atom stereocenters. The van der Waals surface area contributed by atoms with Crippen molar-refractivity contribution < 1.29 is 18.6 Å². The number of benzene rings is 1. The SMILES string of the molecule is CC(C)(C)C(O)(COc1ccc(F)cc1)C(C)(F)n1cncn1. The number of aromatic nitrogens is 3. The van der Waals surface area contributed by atoms with Crippen LogP contribution in [0.2, 0.25) is 0 Å². The first kappa shape index (κ1) is 17.3. The standard InChI is InChI=1S/C16H21F2N3O2/c1-14(2,3)16(22,15(4,18)21-11-19-10-20-21)9-23-13-7-5-12(17)6-8-13/h5-8,10-11,22H,9H2,1-4H3. The highest BCUT2D eigenvalue weighted by Gasteiger charge is 2.58. The van der Waals surface area contributed by atoms with Gasteiger partial charge in [-0.25, -0.2) is 18.4 Å². The largest absolute Gasteiger partial charge is 0.490 e. The Bertz CT molecular complexity index is 636. The van der Waals surface area contributed by atoms with Gasteiger partial charge in [0, 0.05) is 0 Å². The maximum Gasteiger partial charge on any atom is 0.232 e. The predicted octanol–water partition coefficient (Wildman–Crippen LogP) is 2.92. The van der Waals surface area contributed by atoms with E-state index in [2.05, 4.69) is 10.1 Å². The molecule has 7 heteroatoms. The van der Waals surface area contributed by atoms with Crippen molar-refractivity contribution in [3.8, 4) is 5.75 Å². The fourth-order valence-corrected chi connectivity index (χ4v) is 2.37. The van der Waals surface area contributed by atoms with E-state index in [1.165, 1.54) is 43.8 Å². The number of hydrogen-bond donors (Lipinski definition) is 1. The zero-order chi connectivity index (χ0) is 17.3. The molecule has 2 rings (SSSR count). The van der Waals surface area contributed by atoms with Gasteiger partial charge in [-0.1, -0.05) is 20.8 Å². The molecule has 0 saturated carbocycles. The maximum absolute atomic E-state index is 15.4. The van der Waals surface area contributed by atoms with E-state index in [0.717, 1.165) is 4.68 Å². The van der Waals surface area contributed by atoms with Gasteiger partial charge in [0.2, 0.25) is 5.79 Å². The van der Waals surface area contributed by atoms with Gasteiger partial charge in [0.15, 0.2) is 5.60 Å². The molecule has 1 aromatic heterocycles. The molecule has 0 amide bonds. The van der Waals surface area contributed by atoms with Crippen LogP contribution in [0.5, 0.6) is 5.75 Å². The lowest BCUT2D eigenvalue weighted by atomic mass is 9.71. The van der Waals surface area contributed by atoms with Crippen molar-refractivity contribution in [3.63, 3.8) is 0 Å². The smallest absolute Gasteiger partial charge is 0.232 e. The number of ether oxygens (including phenoxy) is 1. The zero-order valence-electron chi connectivity index (χ0n) is 13.6. The van der Waals surface area contributed by atoms with E-state index in [1.807, 2.05) is 0 Å². The van der Waals surface area contributed by atoms with E-state index in [-0.39, 0.29) is 6.61 Å². The van der Waals surface area contributed by atoms with Gasteiger partial charge in [-0.3, -0.25) is 0 Å². The monoisotopic (exact) mass is 325 g/mol. The summed E-state index contributed by atoms with van der Waals surface area (Å²) >= 11 is 0.